The Hall–Kier alpha value is -3.40. The van der Waals surface area contributed by atoms with Crippen LogP contribution in [-0.4, -0.2) is 123 Å². The number of anilines is 2. The number of thiophene rings is 1. The van der Waals surface area contributed by atoms with Crippen LogP contribution in [0.4, 0.5) is 11.4 Å². The van der Waals surface area contributed by atoms with Gasteiger partial charge in [-0.3, -0.25) is 19.2 Å². The lowest BCUT2D eigenvalue weighted by molar-refractivity contribution is 0.0286. The molecule has 0 bridgehead atoms. The van der Waals surface area contributed by atoms with Crippen LogP contribution in [0.3, 0.4) is 0 Å². The van der Waals surface area contributed by atoms with Crippen molar-refractivity contribution in [3.05, 3.63) is 56.4 Å². The Morgan fingerprint density at radius 2 is 1.00 bits per heavy atom. The quantitative estimate of drug-likeness (QED) is 0.0766. The maximum absolute atomic E-state index is 13.5. The molecule has 0 fully saturated rings. The van der Waals surface area contributed by atoms with Gasteiger partial charge in [-0.05, 0) is 12.1 Å². The second-order valence-corrected chi connectivity index (χ2v) is 14.2. The van der Waals surface area contributed by atoms with E-state index in [1.54, 1.807) is 14.2 Å². The summed E-state index contributed by atoms with van der Waals surface area (Å²) in [5, 5.41) is 26.5. The van der Waals surface area contributed by atoms with Crippen LogP contribution >= 0.6 is 34.9 Å². The van der Waals surface area contributed by atoms with E-state index in [2.05, 4.69) is 10.6 Å². The topological polar surface area (TPSA) is 198 Å². The van der Waals surface area contributed by atoms with Gasteiger partial charge in [0.05, 0.1) is 97.0 Å². The monoisotopic (exact) mass is 772 g/mol. The van der Waals surface area contributed by atoms with Crippen molar-refractivity contribution in [3.8, 4) is 11.5 Å². The van der Waals surface area contributed by atoms with E-state index >= 15 is 0 Å². The van der Waals surface area contributed by atoms with Crippen molar-refractivity contribution >= 4 is 58.0 Å². The predicted molar refractivity (Wildman–Crippen MR) is 195 cm³/mol. The zero-order valence-electron chi connectivity index (χ0n) is 28.9. The summed E-state index contributed by atoms with van der Waals surface area (Å²) in [5.74, 6) is -2.16. The molecule has 2 amide bonds. The second kappa shape index (κ2) is 22.5. The van der Waals surface area contributed by atoms with Gasteiger partial charge in [0.25, 0.3) is 22.9 Å². The number of methoxy groups -OCH3 is 2. The zero-order valence-corrected chi connectivity index (χ0v) is 31.3. The lowest BCUT2D eigenvalue weighted by Gasteiger charge is -2.14. The first-order chi connectivity index (χ1) is 24.6. The Labute approximate surface area is 307 Å². The van der Waals surface area contributed by atoms with Crippen molar-refractivity contribution in [1.82, 2.24) is 9.13 Å². The molecule has 3 aromatic heterocycles. The summed E-state index contributed by atoms with van der Waals surface area (Å²) in [4.78, 5) is 51.9. The maximum Gasteiger partial charge on any atom is 0.293 e. The fourth-order valence-corrected chi connectivity index (χ4v) is 7.77. The Morgan fingerprint density at radius 1 is 0.647 bits per heavy atom. The van der Waals surface area contributed by atoms with Crippen molar-refractivity contribution < 1.29 is 48.2 Å². The van der Waals surface area contributed by atoms with Gasteiger partial charge in [0, 0.05) is 52.2 Å². The Bertz CT molecular complexity index is 1570. The number of nitrogens with zero attached hydrogens (tertiary/aromatic N) is 2. The summed E-state index contributed by atoms with van der Waals surface area (Å²) < 4.78 is 35.6. The van der Waals surface area contributed by atoms with Crippen molar-refractivity contribution in [2.45, 2.75) is 8.42 Å². The highest BCUT2D eigenvalue weighted by Crippen LogP contribution is 2.49. The third-order valence-electron chi connectivity index (χ3n) is 6.82. The number of amides is 2. The summed E-state index contributed by atoms with van der Waals surface area (Å²) in [7, 11) is 6.05. The molecule has 0 saturated carbocycles. The highest BCUT2D eigenvalue weighted by atomic mass is 32.2. The molecule has 0 aliphatic heterocycles. The number of carbonyl (C=O) groups excluding carboxylic acids is 2. The Morgan fingerprint density at radius 3 is 1.37 bits per heavy atom. The van der Waals surface area contributed by atoms with Crippen molar-refractivity contribution in [2.75, 3.05) is 102 Å². The summed E-state index contributed by atoms with van der Waals surface area (Å²) in [6.07, 6.45) is 2.70. The number of hydrogen-bond donors (Lipinski definition) is 4. The fraction of sp³-hybridized carbons (Fsp3) is 0.500. The number of carbonyl (C=O) groups is 2. The molecular formula is C32H44N4O12S3. The molecule has 0 aliphatic rings. The summed E-state index contributed by atoms with van der Waals surface area (Å²) in [6.45, 7) is 4.04. The molecule has 0 spiro atoms. The maximum atomic E-state index is 13.5. The normalized spacial score (nSPS) is 11.2. The molecule has 282 valence electrons. The fourth-order valence-electron chi connectivity index (χ4n) is 4.09. The van der Waals surface area contributed by atoms with Gasteiger partial charge in [-0.25, -0.2) is 0 Å². The largest absolute Gasteiger partial charge is 0.502 e. The molecule has 19 heteroatoms. The number of thioether (sulfide) groups is 2. The van der Waals surface area contributed by atoms with Gasteiger partial charge >= 0.3 is 0 Å². The molecule has 0 aliphatic carbocycles. The van der Waals surface area contributed by atoms with Gasteiger partial charge in [0.2, 0.25) is 0 Å². The number of pyridine rings is 2. The smallest absolute Gasteiger partial charge is 0.293 e. The standard InChI is InChI=1S/C32H44N4O12S3/c1-35-7-5-21(25(37)29(35)41)27(39)33-23-24(34-28(40)22-6-8-36(2)30(42)26(22)38)32(50-20-18-48-16-14-46-12-10-44-4)51-31(23)49-19-17-47-15-13-45-11-9-43-3/h5-8,37-38H,9-20H2,1-4H3,(H,33,39)(H,34,40). The van der Waals surface area contributed by atoms with Crippen LogP contribution in [0, 0.1) is 0 Å². The van der Waals surface area contributed by atoms with Crippen LogP contribution in [0.5, 0.6) is 11.5 Å². The summed E-state index contributed by atoms with van der Waals surface area (Å²) >= 11 is 3.99. The minimum atomic E-state index is -0.797. The van der Waals surface area contributed by atoms with Gasteiger partial charge in [-0.2, -0.15) is 0 Å². The molecule has 0 atom stereocenters. The first-order valence-corrected chi connectivity index (χ1v) is 18.5. The van der Waals surface area contributed by atoms with Crippen LogP contribution < -0.4 is 21.8 Å². The second-order valence-electron chi connectivity index (χ2n) is 10.5. The molecule has 4 N–H and O–H groups in total. The molecule has 16 nitrogen and oxygen atoms in total. The van der Waals surface area contributed by atoms with E-state index in [0.717, 1.165) is 9.13 Å². The minimum Gasteiger partial charge on any atom is -0.502 e. The van der Waals surface area contributed by atoms with Crippen LogP contribution in [0.25, 0.3) is 0 Å². The molecule has 51 heavy (non-hydrogen) atoms. The molecule has 3 heterocycles. The highest BCUT2D eigenvalue weighted by molar-refractivity contribution is 8.03. The van der Waals surface area contributed by atoms with Crippen molar-refractivity contribution in [2.24, 2.45) is 14.1 Å². The molecular weight excluding hydrogens is 729 g/mol. The van der Waals surface area contributed by atoms with Crippen LogP contribution in [-0.2, 0) is 42.5 Å². The summed E-state index contributed by atoms with van der Waals surface area (Å²) in [5.41, 5.74) is -1.67. The molecule has 3 rings (SSSR count). The van der Waals surface area contributed by atoms with E-state index in [9.17, 15) is 29.4 Å². The van der Waals surface area contributed by atoms with Crippen molar-refractivity contribution in [1.29, 1.82) is 0 Å². The van der Waals surface area contributed by atoms with E-state index in [-0.39, 0.29) is 22.5 Å². The van der Waals surface area contributed by atoms with Crippen molar-refractivity contribution in [3.63, 3.8) is 0 Å². The average molecular weight is 773 g/mol. The zero-order chi connectivity index (χ0) is 37.2. The van der Waals surface area contributed by atoms with Crippen LogP contribution in [0.2, 0.25) is 0 Å². The van der Waals surface area contributed by atoms with E-state index < -0.39 is 34.4 Å². The number of aromatic nitrogens is 2. The third-order valence-corrected chi connectivity index (χ3v) is 10.5. The molecule has 0 radical (unpaired) electrons. The predicted octanol–water partition coefficient (Wildman–Crippen LogP) is 2.60. The van der Waals surface area contributed by atoms with Gasteiger partial charge in [-0.15, -0.1) is 34.9 Å². The molecule has 0 saturated heterocycles. The number of rotatable bonds is 24. The van der Waals surface area contributed by atoms with Gasteiger partial charge in [-0.1, -0.05) is 0 Å². The Balaban J connectivity index is 1.89. The van der Waals surface area contributed by atoms with E-state index in [1.165, 1.54) is 73.5 Å². The van der Waals surface area contributed by atoms with Crippen LogP contribution in [0.15, 0.2) is 42.5 Å². The first-order valence-electron chi connectivity index (χ1n) is 15.7. The summed E-state index contributed by atoms with van der Waals surface area (Å²) in [6, 6.07) is 2.60. The lowest BCUT2D eigenvalue weighted by atomic mass is 10.2. The van der Waals surface area contributed by atoms with Gasteiger partial charge < -0.3 is 58.4 Å². The highest BCUT2D eigenvalue weighted by Gasteiger charge is 2.26. The average Bonchev–Trinajstić information content (AvgIpc) is 3.42. The lowest BCUT2D eigenvalue weighted by Crippen LogP contribution is -2.23. The van der Waals surface area contributed by atoms with Gasteiger partial charge in [0.15, 0.2) is 11.5 Å². The van der Waals surface area contributed by atoms with Gasteiger partial charge in [0.1, 0.15) is 0 Å². The van der Waals surface area contributed by atoms with Crippen LogP contribution in [0.1, 0.15) is 20.7 Å². The minimum absolute atomic E-state index is 0.199. The number of ether oxygens (including phenoxy) is 6. The number of nitrogens with one attached hydrogen (secondary N) is 2. The number of aromatic hydroxyl groups is 2. The SMILES string of the molecule is COCCOCCOCCSc1sc(SCCOCCOCCOC)c(NC(=O)c2ccn(C)c(=O)c2O)c1NC(=O)c1ccn(C)c(=O)c1O. The van der Waals surface area contributed by atoms with E-state index in [4.69, 9.17) is 28.4 Å². The van der Waals surface area contributed by atoms with E-state index in [0.29, 0.717) is 86.0 Å². The Kier molecular flexibility index (Phi) is 18.6. The molecule has 3 aromatic rings. The number of aryl methyl sites for hydroxylation is 2. The molecule has 0 aromatic carbocycles. The van der Waals surface area contributed by atoms with E-state index in [1.807, 2.05) is 0 Å². The number of hydrogen-bond acceptors (Lipinski definition) is 15. The first kappa shape index (κ1) is 42.0. The molecule has 0 unspecified atom stereocenters. The third kappa shape index (κ3) is 13.0.